The van der Waals surface area contributed by atoms with E-state index in [4.69, 9.17) is 0 Å². The second kappa shape index (κ2) is 6.31. The number of hydrogen-bond donors (Lipinski definition) is 1. The molecular formula is C14H21NO. The van der Waals surface area contributed by atoms with Crippen molar-refractivity contribution in [2.75, 3.05) is 6.54 Å². The first-order chi connectivity index (χ1) is 7.61. The third-order valence-corrected chi connectivity index (χ3v) is 2.50. The van der Waals surface area contributed by atoms with Gasteiger partial charge in [0.2, 0.25) is 5.91 Å². The van der Waals surface area contributed by atoms with Crippen LogP contribution < -0.4 is 5.32 Å². The van der Waals surface area contributed by atoms with Crippen LogP contribution in [0.3, 0.4) is 0 Å². The Morgan fingerprint density at radius 1 is 1.19 bits per heavy atom. The smallest absolute Gasteiger partial charge is 0.224 e. The molecule has 0 aliphatic carbocycles. The first-order valence-electron chi connectivity index (χ1n) is 5.96. The van der Waals surface area contributed by atoms with Crippen LogP contribution in [0.2, 0.25) is 0 Å². The number of benzene rings is 1. The van der Waals surface area contributed by atoms with Gasteiger partial charge in [-0.15, -0.1) is 0 Å². The van der Waals surface area contributed by atoms with E-state index < -0.39 is 0 Å². The maximum atomic E-state index is 11.6. The molecule has 1 aromatic rings. The highest BCUT2D eigenvalue weighted by atomic mass is 16.1. The zero-order valence-corrected chi connectivity index (χ0v) is 10.4. The van der Waals surface area contributed by atoms with Crippen molar-refractivity contribution in [1.29, 1.82) is 0 Å². The van der Waals surface area contributed by atoms with E-state index in [0.717, 1.165) is 18.5 Å². The number of amides is 1. The van der Waals surface area contributed by atoms with E-state index in [9.17, 15) is 4.79 Å². The van der Waals surface area contributed by atoms with E-state index in [1.54, 1.807) is 0 Å². The fraction of sp³-hybridized carbons (Fsp3) is 0.500. The van der Waals surface area contributed by atoms with Gasteiger partial charge in [0.05, 0.1) is 6.42 Å². The lowest BCUT2D eigenvalue weighted by molar-refractivity contribution is -0.120. The van der Waals surface area contributed by atoms with Crippen LogP contribution in [0.25, 0.3) is 0 Å². The van der Waals surface area contributed by atoms with E-state index in [1.165, 1.54) is 5.56 Å². The molecule has 2 nitrogen and oxygen atoms in total. The number of carbonyl (C=O) groups excluding carboxylic acids is 1. The van der Waals surface area contributed by atoms with Gasteiger partial charge in [-0.1, -0.05) is 45.0 Å². The summed E-state index contributed by atoms with van der Waals surface area (Å²) in [7, 11) is 0. The molecule has 16 heavy (non-hydrogen) atoms. The van der Waals surface area contributed by atoms with E-state index in [1.807, 2.05) is 12.1 Å². The largest absolute Gasteiger partial charge is 0.356 e. The van der Waals surface area contributed by atoms with Crippen LogP contribution in [0.5, 0.6) is 0 Å². The quantitative estimate of drug-likeness (QED) is 0.810. The van der Waals surface area contributed by atoms with E-state index >= 15 is 0 Å². The summed E-state index contributed by atoms with van der Waals surface area (Å²) < 4.78 is 0. The molecule has 0 aliphatic heterocycles. The Morgan fingerprint density at radius 3 is 2.25 bits per heavy atom. The maximum Gasteiger partial charge on any atom is 0.224 e. The van der Waals surface area contributed by atoms with Crippen molar-refractivity contribution >= 4 is 5.91 Å². The Balaban J connectivity index is 2.43. The zero-order chi connectivity index (χ0) is 12.0. The SMILES string of the molecule is CCc1ccc(CC(=O)NCC(C)C)cc1. The minimum Gasteiger partial charge on any atom is -0.356 e. The van der Waals surface area contributed by atoms with Crippen molar-refractivity contribution in [3.63, 3.8) is 0 Å². The molecule has 0 saturated heterocycles. The van der Waals surface area contributed by atoms with Gasteiger partial charge in [0.1, 0.15) is 0 Å². The van der Waals surface area contributed by atoms with Crippen molar-refractivity contribution in [2.24, 2.45) is 5.92 Å². The van der Waals surface area contributed by atoms with Gasteiger partial charge in [-0.25, -0.2) is 0 Å². The molecule has 88 valence electrons. The number of aryl methyl sites for hydroxylation is 1. The van der Waals surface area contributed by atoms with Crippen LogP contribution in [0.1, 0.15) is 31.9 Å². The van der Waals surface area contributed by atoms with Gasteiger partial charge in [0, 0.05) is 6.54 Å². The molecule has 0 aliphatic rings. The van der Waals surface area contributed by atoms with Crippen LogP contribution in [0, 0.1) is 5.92 Å². The van der Waals surface area contributed by atoms with Crippen LogP contribution in [0.15, 0.2) is 24.3 Å². The molecule has 0 heterocycles. The summed E-state index contributed by atoms with van der Waals surface area (Å²) in [4.78, 5) is 11.6. The molecule has 0 fully saturated rings. The highest BCUT2D eigenvalue weighted by Gasteiger charge is 2.03. The van der Waals surface area contributed by atoms with Gasteiger partial charge in [-0.05, 0) is 23.5 Å². The van der Waals surface area contributed by atoms with Crippen LogP contribution in [0.4, 0.5) is 0 Å². The molecule has 0 radical (unpaired) electrons. The second-order valence-corrected chi connectivity index (χ2v) is 4.54. The van der Waals surface area contributed by atoms with Crippen LogP contribution in [-0.2, 0) is 17.6 Å². The average molecular weight is 219 g/mol. The molecule has 0 aromatic heterocycles. The monoisotopic (exact) mass is 219 g/mol. The van der Waals surface area contributed by atoms with Gasteiger partial charge in [-0.2, -0.15) is 0 Å². The first kappa shape index (κ1) is 12.8. The minimum absolute atomic E-state index is 0.109. The molecule has 0 unspecified atom stereocenters. The third kappa shape index (κ3) is 4.47. The van der Waals surface area contributed by atoms with E-state index in [2.05, 4.69) is 38.2 Å². The second-order valence-electron chi connectivity index (χ2n) is 4.54. The number of carbonyl (C=O) groups is 1. The van der Waals surface area contributed by atoms with Crippen LogP contribution in [-0.4, -0.2) is 12.5 Å². The van der Waals surface area contributed by atoms with Crippen molar-refractivity contribution in [2.45, 2.75) is 33.6 Å². The molecule has 1 rings (SSSR count). The number of rotatable bonds is 5. The molecule has 2 heteroatoms. The fourth-order valence-electron chi connectivity index (χ4n) is 1.46. The third-order valence-electron chi connectivity index (χ3n) is 2.50. The van der Waals surface area contributed by atoms with Gasteiger partial charge in [0.25, 0.3) is 0 Å². The van der Waals surface area contributed by atoms with Gasteiger partial charge in [-0.3, -0.25) is 4.79 Å². The summed E-state index contributed by atoms with van der Waals surface area (Å²) in [5.74, 6) is 0.615. The summed E-state index contributed by atoms with van der Waals surface area (Å²) in [5.41, 5.74) is 2.39. The summed E-state index contributed by atoms with van der Waals surface area (Å²) in [6.45, 7) is 7.07. The topological polar surface area (TPSA) is 29.1 Å². The first-order valence-corrected chi connectivity index (χ1v) is 5.96. The van der Waals surface area contributed by atoms with E-state index in [-0.39, 0.29) is 5.91 Å². The lowest BCUT2D eigenvalue weighted by Crippen LogP contribution is -2.28. The molecule has 0 saturated carbocycles. The predicted molar refractivity (Wildman–Crippen MR) is 67.4 cm³/mol. The Labute approximate surface area is 98.1 Å². The minimum atomic E-state index is 0.109. The van der Waals surface area contributed by atoms with Crippen molar-refractivity contribution in [3.05, 3.63) is 35.4 Å². The summed E-state index contributed by atoms with van der Waals surface area (Å²) in [5, 5.41) is 2.92. The molecule has 1 aromatic carbocycles. The molecule has 0 spiro atoms. The predicted octanol–water partition coefficient (Wildman–Crippen LogP) is 2.56. The van der Waals surface area contributed by atoms with Gasteiger partial charge < -0.3 is 5.32 Å². The normalized spacial score (nSPS) is 10.5. The molecule has 0 atom stereocenters. The average Bonchev–Trinajstić information content (AvgIpc) is 2.27. The highest BCUT2D eigenvalue weighted by molar-refractivity contribution is 5.78. The zero-order valence-electron chi connectivity index (χ0n) is 10.4. The Morgan fingerprint density at radius 2 is 1.75 bits per heavy atom. The van der Waals surface area contributed by atoms with Crippen molar-refractivity contribution in [1.82, 2.24) is 5.32 Å². The Hall–Kier alpha value is -1.31. The molecule has 0 bridgehead atoms. The summed E-state index contributed by atoms with van der Waals surface area (Å²) in [6.07, 6.45) is 1.52. The lowest BCUT2D eigenvalue weighted by Gasteiger charge is -2.07. The summed E-state index contributed by atoms with van der Waals surface area (Å²) in [6, 6.07) is 8.25. The number of hydrogen-bond acceptors (Lipinski definition) is 1. The number of nitrogens with one attached hydrogen (secondary N) is 1. The van der Waals surface area contributed by atoms with Crippen molar-refractivity contribution < 1.29 is 4.79 Å². The summed E-state index contributed by atoms with van der Waals surface area (Å²) >= 11 is 0. The fourth-order valence-corrected chi connectivity index (χ4v) is 1.46. The standard InChI is InChI=1S/C14H21NO/c1-4-12-5-7-13(8-6-12)9-14(16)15-10-11(2)3/h5-8,11H,4,9-10H2,1-3H3,(H,15,16). The Bertz CT molecular complexity index is 327. The van der Waals surface area contributed by atoms with E-state index in [0.29, 0.717) is 12.3 Å². The Kier molecular flexibility index (Phi) is 5.03. The molecule has 1 amide bonds. The highest BCUT2D eigenvalue weighted by Crippen LogP contribution is 2.05. The maximum absolute atomic E-state index is 11.6. The molecular weight excluding hydrogens is 198 g/mol. The molecule has 1 N–H and O–H groups in total. The van der Waals surface area contributed by atoms with Gasteiger partial charge in [0.15, 0.2) is 0 Å². The lowest BCUT2D eigenvalue weighted by atomic mass is 10.1. The van der Waals surface area contributed by atoms with Gasteiger partial charge >= 0.3 is 0 Å². The van der Waals surface area contributed by atoms with Crippen molar-refractivity contribution in [3.8, 4) is 0 Å². The van der Waals surface area contributed by atoms with Crippen LogP contribution >= 0.6 is 0 Å².